The van der Waals surface area contributed by atoms with Crippen LogP contribution in [0.3, 0.4) is 0 Å². The highest BCUT2D eigenvalue weighted by Crippen LogP contribution is 2.23. The van der Waals surface area contributed by atoms with E-state index in [2.05, 4.69) is 45.2 Å². The topological polar surface area (TPSA) is 56.9 Å². The third-order valence-corrected chi connectivity index (χ3v) is 5.70. The number of aromatic nitrogens is 1. The summed E-state index contributed by atoms with van der Waals surface area (Å²) in [6.45, 7) is 9.70. The fourth-order valence-corrected chi connectivity index (χ4v) is 4.09. The summed E-state index contributed by atoms with van der Waals surface area (Å²) in [5, 5.41) is 7.48. The Kier molecular flexibility index (Phi) is 8.84. The number of guanidine groups is 1. The van der Waals surface area contributed by atoms with Crippen molar-refractivity contribution in [3.63, 3.8) is 0 Å². The Morgan fingerprint density at radius 3 is 2.63 bits per heavy atom. The SMILES string of the molecule is CN=C(NCc1cc(C(C)C)no1)N1CCN(Cc2ccc(Cl)s2)CC1.I. The van der Waals surface area contributed by atoms with Crippen LogP contribution in [0.1, 0.15) is 36.1 Å². The second kappa shape index (κ2) is 10.6. The van der Waals surface area contributed by atoms with E-state index in [0.29, 0.717) is 12.5 Å². The quantitative estimate of drug-likeness (QED) is 0.364. The molecule has 9 heteroatoms. The summed E-state index contributed by atoms with van der Waals surface area (Å²) >= 11 is 7.68. The molecule has 0 unspecified atom stereocenters. The molecule has 2 aromatic rings. The van der Waals surface area contributed by atoms with E-state index in [1.807, 2.05) is 19.2 Å². The van der Waals surface area contributed by atoms with Crippen LogP contribution in [0.15, 0.2) is 27.7 Å². The van der Waals surface area contributed by atoms with Crippen LogP contribution in [-0.2, 0) is 13.1 Å². The minimum atomic E-state index is 0. The van der Waals surface area contributed by atoms with Crippen LogP contribution in [-0.4, -0.2) is 54.1 Å². The van der Waals surface area contributed by atoms with Crippen LogP contribution in [0.4, 0.5) is 0 Å². The molecule has 1 aliphatic heterocycles. The van der Waals surface area contributed by atoms with Gasteiger partial charge in [-0.2, -0.15) is 0 Å². The van der Waals surface area contributed by atoms with Gasteiger partial charge in [-0.25, -0.2) is 0 Å². The van der Waals surface area contributed by atoms with Crippen molar-refractivity contribution >= 4 is 52.9 Å². The average Bonchev–Trinajstić information content (AvgIpc) is 3.26. The number of hydrogen-bond donors (Lipinski definition) is 1. The maximum Gasteiger partial charge on any atom is 0.194 e. The Morgan fingerprint density at radius 2 is 2.07 bits per heavy atom. The first-order valence-corrected chi connectivity index (χ1v) is 10.1. The zero-order valence-corrected chi connectivity index (χ0v) is 19.8. The molecule has 1 N–H and O–H groups in total. The van der Waals surface area contributed by atoms with Gasteiger partial charge >= 0.3 is 0 Å². The van der Waals surface area contributed by atoms with Crippen LogP contribution < -0.4 is 5.32 Å². The lowest BCUT2D eigenvalue weighted by Gasteiger charge is -2.36. The van der Waals surface area contributed by atoms with Crippen molar-refractivity contribution in [3.8, 4) is 0 Å². The van der Waals surface area contributed by atoms with Crippen molar-refractivity contribution in [2.24, 2.45) is 4.99 Å². The van der Waals surface area contributed by atoms with Gasteiger partial charge in [-0.1, -0.05) is 30.6 Å². The maximum absolute atomic E-state index is 6.02. The fourth-order valence-electron chi connectivity index (χ4n) is 2.96. The summed E-state index contributed by atoms with van der Waals surface area (Å²) in [5.74, 6) is 2.12. The summed E-state index contributed by atoms with van der Waals surface area (Å²) < 4.78 is 6.25. The lowest BCUT2D eigenvalue weighted by molar-refractivity contribution is 0.173. The number of halogens is 2. The lowest BCUT2D eigenvalue weighted by Crippen LogP contribution is -2.51. The molecule has 0 amide bonds. The van der Waals surface area contributed by atoms with Gasteiger partial charge in [0.15, 0.2) is 11.7 Å². The molecule has 0 radical (unpaired) electrons. The Morgan fingerprint density at radius 1 is 1.33 bits per heavy atom. The molecule has 3 rings (SSSR count). The Hall–Kier alpha value is -0.840. The molecule has 1 aliphatic rings. The third-order valence-electron chi connectivity index (χ3n) is 4.48. The summed E-state index contributed by atoms with van der Waals surface area (Å²) in [7, 11) is 1.82. The standard InChI is InChI=1S/C18H26ClN5OS.HI/c1-13(2)16-10-14(25-22-16)11-21-18(20-3)24-8-6-23(7-9-24)12-15-4-5-17(19)26-15;/h4-5,10,13H,6-9,11-12H2,1-3H3,(H,20,21);1H. The van der Waals surface area contributed by atoms with Crippen LogP contribution in [0.5, 0.6) is 0 Å². The highest BCUT2D eigenvalue weighted by Gasteiger charge is 2.20. The number of piperazine rings is 1. The van der Waals surface area contributed by atoms with Gasteiger partial charge in [-0.15, -0.1) is 35.3 Å². The van der Waals surface area contributed by atoms with E-state index < -0.39 is 0 Å². The van der Waals surface area contributed by atoms with Gasteiger partial charge < -0.3 is 14.7 Å². The molecule has 0 atom stereocenters. The van der Waals surface area contributed by atoms with E-state index in [0.717, 1.165) is 54.5 Å². The minimum absolute atomic E-state index is 0. The van der Waals surface area contributed by atoms with Gasteiger partial charge in [0, 0.05) is 50.7 Å². The zero-order valence-electron chi connectivity index (χ0n) is 15.9. The van der Waals surface area contributed by atoms with E-state index >= 15 is 0 Å². The van der Waals surface area contributed by atoms with E-state index in [4.69, 9.17) is 16.1 Å². The van der Waals surface area contributed by atoms with Gasteiger partial charge in [-0.3, -0.25) is 9.89 Å². The minimum Gasteiger partial charge on any atom is -0.359 e. The molecule has 27 heavy (non-hydrogen) atoms. The fraction of sp³-hybridized carbons (Fsp3) is 0.556. The molecular weight excluding hydrogens is 497 g/mol. The number of aliphatic imine (C=N–C) groups is 1. The predicted molar refractivity (Wildman–Crippen MR) is 122 cm³/mol. The summed E-state index contributed by atoms with van der Waals surface area (Å²) in [6.07, 6.45) is 0. The smallest absolute Gasteiger partial charge is 0.194 e. The summed E-state index contributed by atoms with van der Waals surface area (Å²) in [6, 6.07) is 6.09. The molecule has 150 valence electrons. The maximum atomic E-state index is 6.02. The van der Waals surface area contributed by atoms with Crippen LogP contribution >= 0.6 is 46.9 Å². The van der Waals surface area contributed by atoms with Gasteiger partial charge in [0.1, 0.15) is 0 Å². The largest absolute Gasteiger partial charge is 0.359 e. The number of hydrogen-bond acceptors (Lipinski definition) is 5. The molecular formula is C18H27ClIN5OS. The number of nitrogens with zero attached hydrogens (tertiary/aromatic N) is 4. The molecule has 2 aromatic heterocycles. The van der Waals surface area contributed by atoms with E-state index in [9.17, 15) is 0 Å². The van der Waals surface area contributed by atoms with Gasteiger partial charge in [0.25, 0.3) is 0 Å². The third kappa shape index (κ3) is 6.33. The average molecular weight is 524 g/mol. The van der Waals surface area contributed by atoms with Crippen molar-refractivity contribution < 1.29 is 4.52 Å². The van der Waals surface area contributed by atoms with Crippen molar-refractivity contribution in [2.75, 3.05) is 33.2 Å². The lowest BCUT2D eigenvalue weighted by atomic mass is 10.1. The van der Waals surface area contributed by atoms with Crippen molar-refractivity contribution in [1.82, 2.24) is 20.3 Å². The first-order valence-electron chi connectivity index (χ1n) is 8.93. The molecule has 3 heterocycles. The monoisotopic (exact) mass is 523 g/mol. The van der Waals surface area contributed by atoms with E-state index in [1.54, 1.807) is 11.3 Å². The van der Waals surface area contributed by atoms with Crippen molar-refractivity contribution in [2.45, 2.75) is 32.9 Å². The molecule has 0 bridgehead atoms. The second-order valence-corrected chi connectivity index (χ2v) is 8.54. The van der Waals surface area contributed by atoms with Crippen LogP contribution in [0.25, 0.3) is 0 Å². The molecule has 0 aliphatic carbocycles. The normalized spacial score (nSPS) is 15.9. The molecule has 1 saturated heterocycles. The zero-order chi connectivity index (χ0) is 18.5. The molecule has 0 aromatic carbocycles. The second-order valence-electron chi connectivity index (χ2n) is 6.74. The van der Waals surface area contributed by atoms with Crippen molar-refractivity contribution in [3.05, 3.63) is 38.9 Å². The predicted octanol–water partition coefficient (Wildman–Crippen LogP) is 4.02. The van der Waals surface area contributed by atoms with Crippen molar-refractivity contribution in [1.29, 1.82) is 0 Å². The first kappa shape index (κ1) is 22.4. The highest BCUT2D eigenvalue weighted by atomic mass is 127. The van der Waals surface area contributed by atoms with E-state index in [-0.39, 0.29) is 24.0 Å². The molecule has 6 nitrogen and oxygen atoms in total. The summed E-state index contributed by atoms with van der Waals surface area (Å²) in [4.78, 5) is 10.5. The van der Waals surface area contributed by atoms with Crippen LogP contribution in [0.2, 0.25) is 4.34 Å². The summed E-state index contributed by atoms with van der Waals surface area (Å²) in [5.41, 5.74) is 0.985. The van der Waals surface area contributed by atoms with Gasteiger partial charge in [0.2, 0.25) is 0 Å². The Bertz CT molecular complexity index is 740. The molecule has 0 spiro atoms. The molecule has 0 saturated carbocycles. The van der Waals surface area contributed by atoms with Gasteiger partial charge in [0.05, 0.1) is 16.6 Å². The number of thiophene rings is 1. The van der Waals surface area contributed by atoms with Crippen LogP contribution in [0, 0.1) is 0 Å². The first-order chi connectivity index (χ1) is 12.5. The number of rotatable bonds is 5. The van der Waals surface area contributed by atoms with Gasteiger partial charge in [-0.05, 0) is 18.1 Å². The number of nitrogens with one attached hydrogen (secondary N) is 1. The molecule has 1 fully saturated rings. The highest BCUT2D eigenvalue weighted by molar-refractivity contribution is 14.0. The Labute approximate surface area is 187 Å². The Balaban J connectivity index is 0.00000261. The van der Waals surface area contributed by atoms with E-state index in [1.165, 1.54) is 4.88 Å².